The molecule has 7 nitrogen and oxygen atoms in total. The molecule has 2 aliphatic rings. The van der Waals surface area contributed by atoms with Gasteiger partial charge in [-0.15, -0.1) is 0 Å². The van der Waals surface area contributed by atoms with Crippen LogP contribution in [0.15, 0.2) is 54.6 Å². The van der Waals surface area contributed by atoms with Gasteiger partial charge >= 0.3 is 0 Å². The van der Waals surface area contributed by atoms with Crippen molar-refractivity contribution < 1.29 is 9.59 Å². The number of rotatable bonds is 3. The molecule has 1 amide bonds. The molecule has 1 saturated heterocycles. The Morgan fingerprint density at radius 3 is 2.55 bits per heavy atom. The predicted octanol–water partition coefficient (Wildman–Crippen LogP) is 2.29. The molecule has 3 aromatic rings. The minimum absolute atomic E-state index is 0.0161. The van der Waals surface area contributed by atoms with E-state index in [2.05, 4.69) is 25.6 Å². The number of H-pyrrole nitrogens is 1. The highest BCUT2D eigenvalue weighted by molar-refractivity contribution is 6.12. The second kappa shape index (κ2) is 6.63. The quantitative estimate of drug-likeness (QED) is 0.720. The normalized spacial score (nSPS) is 24.0. The zero-order valence-electron chi connectivity index (χ0n) is 16.1. The second-order valence-electron chi connectivity index (χ2n) is 7.97. The molecule has 2 aliphatic heterocycles. The van der Waals surface area contributed by atoms with Crippen LogP contribution in [0.3, 0.4) is 0 Å². The average Bonchev–Trinajstić information content (AvgIpc) is 3.31. The third-order valence-corrected chi connectivity index (χ3v) is 6.04. The lowest BCUT2D eigenvalue weighted by atomic mass is 9.78. The van der Waals surface area contributed by atoms with Gasteiger partial charge < -0.3 is 5.32 Å². The maximum Gasteiger partial charge on any atom is 0.252 e. The van der Waals surface area contributed by atoms with Gasteiger partial charge in [0, 0.05) is 30.8 Å². The van der Waals surface area contributed by atoms with Crippen molar-refractivity contribution in [1.82, 2.24) is 25.6 Å². The van der Waals surface area contributed by atoms with Crippen LogP contribution in [-0.4, -0.2) is 51.1 Å². The predicted molar refractivity (Wildman–Crippen MR) is 107 cm³/mol. The van der Waals surface area contributed by atoms with Gasteiger partial charge in [0.1, 0.15) is 11.4 Å². The summed E-state index contributed by atoms with van der Waals surface area (Å²) in [6, 6.07) is 16.7. The van der Waals surface area contributed by atoms with Crippen molar-refractivity contribution in [2.24, 2.45) is 5.41 Å². The Balaban J connectivity index is 1.43. The molecular formula is C22H21N5O2. The summed E-state index contributed by atoms with van der Waals surface area (Å²) in [6.07, 6.45) is 0. The first kappa shape index (κ1) is 17.8. The van der Waals surface area contributed by atoms with Crippen LogP contribution in [0.4, 0.5) is 0 Å². The molecule has 1 fully saturated rings. The average molecular weight is 387 g/mol. The summed E-state index contributed by atoms with van der Waals surface area (Å²) >= 11 is 0. The lowest BCUT2D eigenvalue weighted by molar-refractivity contribution is 0.0789. The highest BCUT2D eigenvalue weighted by Gasteiger charge is 2.51. The Labute approximate surface area is 168 Å². The molecule has 0 bridgehead atoms. The second-order valence-corrected chi connectivity index (χ2v) is 7.97. The zero-order chi connectivity index (χ0) is 20.0. The van der Waals surface area contributed by atoms with Crippen LogP contribution in [0.25, 0.3) is 11.3 Å². The highest BCUT2D eigenvalue weighted by Crippen LogP contribution is 2.38. The smallest absolute Gasteiger partial charge is 0.252 e. The fourth-order valence-electron chi connectivity index (χ4n) is 4.48. The van der Waals surface area contributed by atoms with Crippen LogP contribution < -0.4 is 5.32 Å². The topological polar surface area (TPSA) is 91.0 Å². The number of hydrogen-bond donors (Lipinski definition) is 2. The first-order chi connectivity index (χ1) is 14.1. The minimum atomic E-state index is -0.682. The van der Waals surface area contributed by atoms with E-state index in [-0.39, 0.29) is 17.7 Å². The molecule has 146 valence electrons. The van der Waals surface area contributed by atoms with E-state index in [4.69, 9.17) is 0 Å². The minimum Gasteiger partial charge on any atom is -0.347 e. The van der Waals surface area contributed by atoms with E-state index in [1.165, 1.54) is 0 Å². The van der Waals surface area contributed by atoms with E-state index in [9.17, 15) is 9.59 Å². The van der Waals surface area contributed by atoms with Crippen molar-refractivity contribution in [3.8, 4) is 11.3 Å². The zero-order valence-corrected chi connectivity index (χ0v) is 16.1. The third-order valence-electron chi connectivity index (χ3n) is 6.04. The third kappa shape index (κ3) is 2.86. The number of aromatic amines is 1. The molecule has 3 heterocycles. The van der Waals surface area contributed by atoms with E-state index in [1.54, 1.807) is 18.2 Å². The number of carbonyl (C=O) groups excluding carboxylic acids is 2. The van der Waals surface area contributed by atoms with Crippen LogP contribution in [0.1, 0.15) is 33.3 Å². The number of carbonyl (C=O) groups is 2. The lowest BCUT2D eigenvalue weighted by Crippen LogP contribution is -2.47. The van der Waals surface area contributed by atoms with Crippen molar-refractivity contribution in [3.63, 3.8) is 0 Å². The Bertz CT molecular complexity index is 1090. The molecule has 0 radical (unpaired) electrons. The molecule has 2 atom stereocenters. The van der Waals surface area contributed by atoms with Gasteiger partial charge in [-0.3, -0.25) is 14.5 Å². The summed E-state index contributed by atoms with van der Waals surface area (Å²) in [4.78, 5) is 28.2. The fraction of sp³-hybridized carbons (Fsp3) is 0.273. The molecular weight excluding hydrogens is 366 g/mol. The Kier molecular flexibility index (Phi) is 4.06. The van der Waals surface area contributed by atoms with Gasteiger partial charge in [0.2, 0.25) is 0 Å². The van der Waals surface area contributed by atoms with Crippen LogP contribution in [0, 0.1) is 5.41 Å². The first-order valence-electron chi connectivity index (χ1n) is 9.68. The van der Waals surface area contributed by atoms with Crippen molar-refractivity contribution in [2.45, 2.75) is 19.5 Å². The fourth-order valence-corrected chi connectivity index (χ4v) is 4.48. The molecule has 5 rings (SSSR count). The van der Waals surface area contributed by atoms with Crippen molar-refractivity contribution >= 4 is 11.7 Å². The molecule has 2 aromatic carbocycles. The number of ketones is 1. The van der Waals surface area contributed by atoms with Crippen LogP contribution in [0.5, 0.6) is 0 Å². The van der Waals surface area contributed by atoms with Gasteiger partial charge in [0.05, 0.1) is 17.0 Å². The van der Waals surface area contributed by atoms with E-state index >= 15 is 0 Å². The van der Waals surface area contributed by atoms with E-state index in [0.29, 0.717) is 30.8 Å². The summed E-state index contributed by atoms with van der Waals surface area (Å²) in [7, 11) is 0. The molecule has 29 heavy (non-hydrogen) atoms. The number of aromatic nitrogens is 3. The van der Waals surface area contributed by atoms with Crippen LogP contribution in [-0.2, 0) is 6.54 Å². The molecule has 0 saturated carbocycles. The number of nitrogens with one attached hydrogen (secondary N) is 2. The summed E-state index contributed by atoms with van der Waals surface area (Å²) < 4.78 is 0. The van der Waals surface area contributed by atoms with Gasteiger partial charge in [-0.05, 0) is 13.0 Å². The Hall–Kier alpha value is -3.32. The van der Waals surface area contributed by atoms with E-state index < -0.39 is 5.41 Å². The summed E-state index contributed by atoms with van der Waals surface area (Å²) in [5.74, 6) is -0.168. The van der Waals surface area contributed by atoms with Gasteiger partial charge in [-0.1, -0.05) is 48.5 Å². The van der Waals surface area contributed by atoms with Gasteiger partial charge in [-0.2, -0.15) is 15.4 Å². The SMILES string of the molecule is C[C@]12CN(Cc3n[nH]nc3-c3ccccc3)C[C@H]1NC(=O)c1ccccc1C2=O. The highest BCUT2D eigenvalue weighted by atomic mass is 16.2. The van der Waals surface area contributed by atoms with E-state index in [1.807, 2.05) is 43.3 Å². The molecule has 1 aromatic heterocycles. The monoisotopic (exact) mass is 387 g/mol. The molecule has 0 unspecified atom stereocenters. The largest absolute Gasteiger partial charge is 0.347 e. The standard InChI is InChI=1S/C22H21N5O2/c1-22-13-27(11-17-19(25-26-24-17)14-7-3-2-4-8-14)12-18(22)23-21(29)16-10-6-5-9-15(16)20(22)28/h2-10,18H,11-13H2,1H3,(H,23,29)(H,24,25,26)/t18-,22+/m1/s1. The number of Topliss-reactive ketones (excluding diaryl/α,β-unsaturated/α-hetero) is 1. The maximum atomic E-state index is 13.4. The number of amides is 1. The number of likely N-dealkylation sites (tertiary alicyclic amines) is 1. The number of nitrogens with zero attached hydrogens (tertiary/aromatic N) is 3. The van der Waals surface area contributed by atoms with Crippen molar-refractivity contribution in [1.29, 1.82) is 0 Å². The number of benzene rings is 2. The van der Waals surface area contributed by atoms with E-state index in [0.717, 1.165) is 17.0 Å². The molecule has 7 heteroatoms. The van der Waals surface area contributed by atoms with Crippen molar-refractivity contribution in [3.05, 3.63) is 71.4 Å². The van der Waals surface area contributed by atoms with Gasteiger partial charge in [-0.25, -0.2) is 0 Å². The summed E-state index contributed by atoms with van der Waals surface area (Å²) in [6.45, 7) is 3.64. The van der Waals surface area contributed by atoms with Crippen LogP contribution in [0.2, 0.25) is 0 Å². The Morgan fingerprint density at radius 1 is 1.03 bits per heavy atom. The van der Waals surface area contributed by atoms with Gasteiger partial charge in [0.25, 0.3) is 5.91 Å². The van der Waals surface area contributed by atoms with Crippen molar-refractivity contribution in [2.75, 3.05) is 13.1 Å². The lowest BCUT2D eigenvalue weighted by Gasteiger charge is -2.27. The summed E-state index contributed by atoms with van der Waals surface area (Å²) in [5.41, 5.74) is 2.91. The van der Waals surface area contributed by atoms with Crippen LogP contribution >= 0.6 is 0 Å². The number of fused-ring (bicyclic) bond motifs is 2. The first-order valence-corrected chi connectivity index (χ1v) is 9.68. The molecule has 2 N–H and O–H groups in total. The van der Waals surface area contributed by atoms with Gasteiger partial charge in [0.15, 0.2) is 5.78 Å². The molecule has 0 aliphatic carbocycles. The maximum absolute atomic E-state index is 13.4. The number of hydrogen-bond acceptors (Lipinski definition) is 5. The molecule has 0 spiro atoms. The summed E-state index contributed by atoms with van der Waals surface area (Å²) in [5, 5.41) is 14.4. The Morgan fingerprint density at radius 2 is 1.76 bits per heavy atom.